The molecular formula is C27H22F4O2. The summed E-state index contributed by atoms with van der Waals surface area (Å²) in [6.07, 6.45) is 0.524. The van der Waals surface area contributed by atoms with Gasteiger partial charge >= 0.3 is 0 Å². The molecule has 170 valence electrons. The Kier molecular flexibility index (Phi) is 7.38. The SMILES string of the molecule is C=C(CCc1ccc(-c2ccc(-c3ccc(O)cc3)c(F)c2F)cc1)/C(F)=C(/F)C(=C)OC. The first-order valence-electron chi connectivity index (χ1n) is 10.1. The molecule has 1 N–H and O–H groups in total. The molecule has 2 nitrogen and oxygen atoms in total. The Labute approximate surface area is 189 Å². The molecule has 0 fully saturated rings. The molecule has 0 saturated heterocycles. The lowest BCUT2D eigenvalue weighted by Gasteiger charge is -2.10. The van der Waals surface area contributed by atoms with Crippen LogP contribution in [-0.2, 0) is 11.2 Å². The van der Waals surface area contributed by atoms with Gasteiger partial charge in [0.1, 0.15) is 11.5 Å². The lowest BCUT2D eigenvalue weighted by Crippen LogP contribution is -1.95. The van der Waals surface area contributed by atoms with Gasteiger partial charge in [-0.15, -0.1) is 0 Å². The maximum absolute atomic E-state index is 14.8. The zero-order valence-corrected chi connectivity index (χ0v) is 18.0. The maximum atomic E-state index is 14.8. The predicted octanol–water partition coefficient (Wildman–Crippen LogP) is 7.80. The quantitative estimate of drug-likeness (QED) is 0.214. The van der Waals surface area contributed by atoms with Gasteiger partial charge in [0.15, 0.2) is 23.3 Å². The molecule has 3 rings (SSSR count). The van der Waals surface area contributed by atoms with Crippen molar-refractivity contribution >= 4 is 0 Å². The van der Waals surface area contributed by atoms with Crippen molar-refractivity contribution in [2.45, 2.75) is 12.8 Å². The van der Waals surface area contributed by atoms with E-state index in [-0.39, 0.29) is 28.9 Å². The lowest BCUT2D eigenvalue weighted by molar-refractivity contribution is 0.280. The maximum Gasteiger partial charge on any atom is 0.200 e. The molecule has 6 heteroatoms. The summed E-state index contributed by atoms with van der Waals surface area (Å²) in [6, 6.07) is 15.5. The van der Waals surface area contributed by atoms with E-state index in [4.69, 9.17) is 0 Å². The second-order valence-corrected chi connectivity index (χ2v) is 7.39. The van der Waals surface area contributed by atoms with Crippen LogP contribution < -0.4 is 0 Å². The Hall–Kier alpha value is -3.80. The summed E-state index contributed by atoms with van der Waals surface area (Å²) in [5.41, 5.74) is 1.86. The van der Waals surface area contributed by atoms with E-state index in [1.807, 2.05) is 0 Å². The zero-order chi connectivity index (χ0) is 24.1. The summed E-state index contributed by atoms with van der Waals surface area (Å²) in [5.74, 6) is -4.65. The van der Waals surface area contributed by atoms with Gasteiger partial charge in [-0.1, -0.05) is 61.7 Å². The van der Waals surface area contributed by atoms with Crippen LogP contribution in [0, 0.1) is 11.6 Å². The molecule has 33 heavy (non-hydrogen) atoms. The number of ether oxygens (including phenoxy) is 1. The van der Waals surface area contributed by atoms with E-state index in [0.29, 0.717) is 17.5 Å². The van der Waals surface area contributed by atoms with Crippen molar-refractivity contribution < 1.29 is 27.4 Å². The van der Waals surface area contributed by atoms with Crippen LogP contribution in [0.5, 0.6) is 5.75 Å². The minimum Gasteiger partial charge on any atom is -0.508 e. The third-order valence-electron chi connectivity index (χ3n) is 5.24. The van der Waals surface area contributed by atoms with Crippen LogP contribution in [0.15, 0.2) is 96.8 Å². The van der Waals surface area contributed by atoms with Crippen LogP contribution in [0.4, 0.5) is 17.6 Å². The molecule has 0 unspecified atom stereocenters. The first-order chi connectivity index (χ1) is 15.7. The molecule has 0 spiro atoms. The fourth-order valence-corrected chi connectivity index (χ4v) is 3.26. The molecular weight excluding hydrogens is 432 g/mol. The van der Waals surface area contributed by atoms with Crippen molar-refractivity contribution in [1.82, 2.24) is 0 Å². The van der Waals surface area contributed by atoms with E-state index < -0.39 is 29.0 Å². The van der Waals surface area contributed by atoms with Crippen LogP contribution in [0.3, 0.4) is 0 Å². The number of phenolic OH excluding ortho intramolecular Hbond substituents is 1. The van der Waals surface area contributed by atoms with E-state index in [1.165, 1.54) is 43.5 Å². The van der Waals surface area contributed by atoms with Gasteiger partial charge in [-0.05, 0) is 47.2 Å². The van der Waals surface area contributed by atoms with E-state index in [9.17, 15) is 22.7 Å². The van der Waals surface area contributed by atoms with E-state index in [2.05, 4.69) is 17.9 Å². The van der Waals surface area contributed by atoms with E-state index in [1.54, 1.807) is 24.3 Å². The summed E-state index contributed by atoms with van der Waals surface area (Å²) in [7, 11) is 1.19. The zero-order valence-electron chi connectivity index (χ0n) is 18.0. The molecule has 0 amide bonds. The number of hydrogen-bond acceptors (Lipinski definition) is 2. The second kappa shape index (κ2) is 10.2. The summed E-state index contributed by atoms with van der Waals surface area (Å²) >= 11 is 0. The average molecular weight is 454 g/mol. The largest absolute Gasteiger partial charge is 0.508 e. The molecule has 0 aliphatic rings. The summed E-state index contributed by atoms with van der Waals surface area (Å²) in [4.78, 5) is 0. The highest BCUT2D eigenvalue weighted by Crippen LogP contribution is 2.32. The summed E-state index contributed by atoms with van der Waals surface area (Å²) in [5, 5.41) is 9.38. The normalized spacial score (nSPS) is 11.7. The van der Waals surface area contributed by atoms with Crippen LogP contribution in [0.25, 0.3) is 22.3 Å². The highest BCUT2D eigenvalue weighted by atomic mass is 19.2. The van der Waals surface area contributed by atoms with Gasteiger partial charge in [0.05, 0.1) is 7.11 Å². The van der Waals surface area contributed by atoms with Gasteiger partial charge in [-0.3, -0.25) is 0 Å². The number of halogens is 4. The van der Waals surface area contributed by atoms with E-state index in [0.717, 1.165) is 5.56 Å². The molecule has 0 heterocycles. The standard InChI is InChI=1S/C27H22F4O2/c1-16(24(28)25(29)17(2)33-3)4-5-18-6-8-19(9-7-18)22-14-15-23(27(31)26(22)30)20-10-12-21(32)13-11-20/h6-15,32H,1-2,4-5H2,3H3/b25-24-. The van der Waals surface area contributed by atoms with Gasteiger partial charge < -0.3 is 9.84 Å². The highest BCUT2D eigenvalue weighted by molar-refractivity contribution is 5.72. The Balaban J connectivity index is 1.75. The number of allylic oxidation sites excluding steroid dienone is 3. The Morgan fingerprint density at radius 2 is 1.27 bits per heavy atom. The van der Waals surface area contributed by atoms with Gasteiger partial charge in [0.2, 0.25) is 0 Å². The second-order valence-electron chi connectivity index (χ2n) is 7.39. The first kappa shape index (κ1) is 23.9. The molecule has 0 aliphatic carbocycles. The molecule has 0 saturated carbocycles. The van der Waals surface area contributed by atoms with Crippen molar-refractivity contribution in [3.63, 3.8) is 0 Å². The van der Waals surface area contributed by atoms with E-state index >= 15 is 0 Å². The van der Waals surface area contributed by atoms with Gasteiger partial charge in [0.25, 0.3) is 0 Å². The van der Waals surface area contributed by atoms with Gasteiger partial charge in [-0.2, -0.15) is 4.39 Å². The van der Waals surface area contributed by atoms with Crippen molar-refractivity contribution in [1.29, 1.82) is 0 Å². The number of benzene rings is 3. The highest BCUT2D eigenvalue weighted by Gasteiger charge is 2.17. The number of phenols is 1. The topological polar surface area (TPSA) is 29.5 Å². The minimum atomic E-state index is -1.19. The lowest BCUT2D eigenvalue weighted by atomic mass is 9.97. The van der Waals surface area contributed by atoms with Crippen molar-refractivity contribution in [2.24, 2.45) is 0 Å². The summed E-state index contributed by atoms with van der Waals surface area (Å²) < 4.78 is 61.9. The monoisotopic (exact) mass is 454 g/mol. The third kappa shape index (κ3) is 5.34. The third-order valence-corrected chi connectivity index (χ3v) is 5.24. The van der Waals surface area contributed by atoms with Crippen molar-refractivity contribution in [2.75, 3.05) is 7.11 Å². The Morgan fingerprint density at radius 3 is 1.76 bits per heavy atom. The van der Waals surface area contributed by atoms with Gasteiger partial charge in [0, 0.05) is 11.1 Å². The molecule has 0 atom stereocenters. The average Bonchev–Trinajstić information content (AvgIpc) is 2.83. The fraction of sp³-hybridized carbons (Fsp3) is 0.111. The van der Waals surface area contributed by atoms with Crippen molar-refractivity contribution in [3.05, 3.63) is 114 Å². The number of hydrogen-bond donors (Lipinski definition) is 1. The van der Waals surface area contributed by atoms with Crippen molar-refractivity contribution in [3.8, 4) is 28.0 Å². The molecule has 0 radical (unpaired) electrons. The van der Waals surface area contributed by atoms with Crippen LogP contribution in [-0.4, -0.2) is 12.2 Å². The predicted molar refractivity (Wildman–Crippen MR) is 122 cm³/mol. The first-order valence-corrected chi connectivity index (χ1v) is 10.1. The number of aryl methyl sites for hydroxylation is 1. The number of aromatic hydroxyl groups is 1. The van der Waals surface area contributed by atoms with Gasteiger partial charge in [-0.25, -0.2) is 13.2 Å². The summed E-state index contributed by atoms with van der Waals surface area (Å²) in [6.45, 7) is 6.83. The van der Waals surface area contributed by atoms with Crippen LogP contribution >= 0.6 is 0 Å². The molecule has 0 aliphatic heterocycles. The number of methoxy groups -OCH3 is 1. The molecule has 3 aromatic rings. The number of rotatable bonds is 8. The fourth-order valence-electron chi connectivity index (χ4n) is 3.26. The molecule has 0 aromatic heterocycles. The Morgan fingerprint density at radius 1 is 0.788 bits per heavy atom. The van der Waals surface area contributed by atoms with Crippen LogP contribution in [0.2, 0.25) is 0 Å². The minimum absolute atomic E-state index is 0.0317. The van der Waals surface area contributed by atoms with Crippen LogP contribution in [0.1, 0.15) is 12.0 Å². The molecule has 0 bridgehead atoms. The Bertz CT molecular complexity index is 1210. The molecule has 3 aromatic carbocycles. The smallest absolute Gasteiger partial charge is 0.200 e.